The minimum atomic E-state index is -0.139. The highest BCUT2D eigenvalue weighted by atomic mass is 32.1. The molecule has 0 amide bonds. The number of rotatable bonds is 6. The molecule has 0 radical (unpaired) electrons. The maximum atomic E-state index is 5.24. The van der Waals surface area contributed by atoms with Crippen LogP contribution < -0.4 is 0 Å². The highest BCUT2D eigenvalue weighted by Gasteiger charge is 2.35. The first-order valence-corrected chi connectivity index (χ1v) is 23.0. The van der Waals surface area contributed by atoms with E-state index in [9.17, 15) is 0 Å². The first-order chi connectivity index (χ1) is 32.0. The number of hydrogen-bond donors (Lipinski definition) is 0. The van der Waals surface area contributed by atoms with Gasteiger partial charge in [-0.2, -0.15) is 0 Å². The van der Waals surface area contributed by atoms with Crippen molar-refractivity contribution in [2.75, 3.05) is 0 Å². The molecule has 13 rings (SSSR count). The van der Waals surface area contributed by atoms with Crippen molar-refractivity contribution in [2.24, 2.45) is 0 Å². The second kappa shape index (κ2) is 14.5. The Morgan fingerprint density at radius 1 is 0.369 bits per heavy atom. The molecule has 0 aliphatic heterocycles. The predicted octanol–water partition coefficient (Wildman–Crippen LogP) is 16.0. The normalized spacial score (nSPS) is 12.9. The van der Waals surface area contributed by atoms with Gasteiger partial charge in [0.25, 0.3) is 0 Å². The molecular formula is C60H40N4S. The van der Waals surface area contributed by atoms with Gasteiger partial charge in [0.05, 0.1) is 11.0 Å². The largest absolute Gasteiger partial charge is 0.309 e. The van der Waals surface area contributed by atoms with Crippen molar-refractivity contribution in [2.45, 2.75) is 19.3 Å². The monoisotopic (exact) mass is 848 g/mol. The molecule has 1 aliphatic rings. The van der Waals surface area contributed by atoms with Crippen molar-refractivity contribution in [1.29, 1.82) is 0 Å². The fourth-order valence-electron chi connectivity index (χ4n) is 10.3. The van der Waals surface area contributed by atoms with E-state index >= 15 is 0 Å². The van der Waals surface area contributed by atoms with E-state index in [-0.39, 0.29) is 5.41 Å². The van der Waals surface area contributed by atoms with Crippen LogP contribution in [-0.2, 0) is 5.41 Å². The third kappa shape index (κ3) is 6.00. The summed E-state index contributed by atoms with van der Waals surface area (Å²) in [6.45, 7) is 4.62. The minimum Gasteiger partial charge on any atom is -0.309 e. The lowest BCUT2D eigenvalue weighted by molar-refractivity contribution is 0.660. The van der Waals surface area contributed by atoms with Crippen molar-refractivity contribution >= 4 is 53.3 Å². The van der Waals surface area contributed by atoms with Gasteiger partial charge in [-0.3, -0.25) is 0 Å². The molecule has 0 bridgehead atoms. The van der Waals surface area contributed by atoms with Crippen molar-refractivity contribution < 1.29 is 0 Å². The van der Waals surface area contributed by atoms with Crippen LogP contribution in [0, 0.1) is 0 Å². The summed E-state index contributed by atoms with van der Waals surface area (Å²) in [7, 11) is 0. The summed E-state index contributed by atoms with van der Waals surface area (Å²) in [4.78, 5) is 15.5. The zero-order valence-electron chi connectivity index (χ0n) is 35.8. The van der Waals surface area contributed by atoms with Crippen LogP contribution in [0.25, 0.3) is 115 Å². The molecule has 0 unspecified atom stereocenters. The molecule has 12 aromatic rings. The topological polar surface area (TPSA) is 43.6 Å². The van der Waals surface area contributed by atoms with Crippen LogP contribution in [0.15, 0.2) is 206 Å². The standard InChI is InChI=1S/C60H40N4S/c1-60(2)50-24-11-9-21-45(50)46-30-27-42(36-51(46)60)59-62-57(37-15-5-3-6-16-37)61-58(63-59)41-18-13-17-40(33-41)44-23-14-26-55-56(44)49-35-39(29-32-54(49)65-55)38-28-31-53-48(34-38)47-22-10-12-25-52(47)64(53)43-19-7-4-8-20-43/h3-36H,1-2H3. The van der Waals surface area contributed by atoms with Gasteiger partial charge >= 0.3 is 0 Å². The van der Waals surface area contributed by atoms with Crippen molar-refractivity contribution in [3.05, 3.63) is 217 Å². The summed E-state index contributed by atoms with van der Waals surface area (Å²) in [5, 5.41) is 5.01. The van der Waals surface area contributed by atoms with E-state index in [1.165, 1.54) is 80.9 Å². The Kier molecular flexibility index (Phi) is 8.39. The highest BCUT2D eigenvalue weighted by Crippen LogP contribution is 2.50. The summed E-state index contributed by atoms with van der Waals surface area (Å²) in [5.74, 6) is 1.96. The number of para-hydroxylation sites is 2. The fourth-order valence-corrected chi connectivity index (χ4v) is 11.4. The third-order valence-corrected chi connectivity index (χ3v) is 14.6. The molecule has 65 heavy (non-hydrogen) atoms. The first-order valence-electron chi connectivity index (χ1n) is 22.2. The lowest BCUT2D eigenvalue weighted by atomic mass is 9.82. The van der Waals surface area contributed by atoms with Crippen molar-refractivity contribution in [3.8, 4) is 73.2 Å². The molecule has 9 aromatic carbocycles. The molecular weight excluding hydrogens is 809 g/mol. The predicted molar refractivity (Wildman–Crippen MR) is 272 cm³/mol. The zero-order chi connectivity index (χ0) is 43.2. The summed E-state index contributed by atoms with van der Waals surface area (Å²) in [6.07, 6.45) is 0. The van der Waals surface area contributed by atoms with E-state index in [1.54, 1.807) is 0 Å². The Labute approximate surface area is 380 Å². The van der Waals surface area contributed by atoms with Crippen LogP contribution in [0.4, 0.5) is 0 Å². The smallest absolute Gasteiger partial charge is 0.164 e. The Bertz CT molecular complexity index is 3860. The third-order valence-electron chi connectivity index (χ3n) is 13.5. The summed E-state index contributed by atoms with van der Waals surface area (Å²) < 4.78 is 4.90. The number of nitrogens with zero attached hydrogens (tertiary/aromatic N) is 4. The van der Waals surface area contributed by atoms with Gasteiger partial charge in [0, 0.05) is 58.7 Å². The second-order valence-corrected chi connectivity index (χ2v) is 18.7. The average molecular weight is 849 g/mol. The molecule has 0 fully saturated rings. The van der Waals surface area contributed by atoms with E-state index in [0.717, 1.165) is 27.9 Å². The number of thiophene rings is 1. The molecule has 4 nitrogen and oxygen atoms in total. The maximum Gasteiger partial charge on any atom is 0.164 e. The molecule has 0 spiro atoms. The van der Waals surface area contributed by atoms with Crippen molar-refractivity contribution in [3.63, 3.8) is 0 Å². The Balaban J connectivity index is 0.925. The summed E-state index contributed by atoms with van der Waals surface area (Å²) >= 11 is 1.85. The highest BCUT2D eigenvalue weighted by molar-refractivity contribution is 7.26. The second-order valence-electron chi connectivity index (χ2n) is 17.6. The van der Waals surface area contributed by atoms with Crippen LogP contribution in [-0.4, -0.2) is 19.5 Å². The van der Waals surface area contributed by atoms with Crippen LogP contribution >= 0.6 is 11.3 Å². The van der Waals surface area contributed by atoms with E-state index in [1.807, 2.05) is 29.5 Å². The summed E-state index contributed by atoms with van der Waals surface area (Å²) in [5.41, 5.74) is 16.2. The molecule has 3 heterocycles. The van der Waals surface area contributed by atoms with Crippen molar-refractivity contribution in [1.82, 2.24) is 19.5 Å². The molecule has 306 valence electrons. The Morgan fingerprint density at radius 2 is 0.954 bits per heavy atom. The van der Waals surface area contributed by atoms with Gasteiger partial charge in [-0.25, -0.2) is 15.0 Å². The Hall–Kier alpha value is -7.99. The number of hydrogen-bond acceptors (Lipinski definition) is 4. The molecule has 0 saturated carbocycles. The van der Waals surface area contributed by atoms with E-state index in [2.05, 4.69) is 206 Å². The van der Waals surface area contributed by atoms with Gasteiger partial charge in [-0.1, -0.05) is 159 Å². The van der Waals surface area contributed by atoms with E-state index < -0.39 is 0 Å². The first kappa shape index (κ1) is 37.6. The maximum absolute atomic E-state index is 5.24. The van der Waals surface area contributed by atoms with E-state index in [4.69, 9.17) is 15.0 Å². The van der Waals surface area contributed by atoms with Crippen LogP contribution in [0.2, 0.25) is 0 Å². The molecule has 1 aliphatic carbocycles. The van der Waals surface area contributed by atoms with Gasteiger partial charge in [0.1, 0.15) is 0 Å². The summed E-state index contributed by atoms with van der Waals surface area (Å²) in [6, 6.07) is 74.3. The molecule has 0 saturated heterocycles. The van der Waals surface area contributed by atoms with Crippen LogP contribution in [0.5, 0.6) is 0 Å². The minimum absolute atomic E-state index is 0.139. The Morgan fingerprint density at radius 3 is 1.78 bits per heavy atom. The average Bonchev–Trinajstić information content (AvgIpc) is 3.99. The molecule has 0 N–H and O–H groups in total. The molecule has 0 atom stereocenters. The lowest BCUT2D eigenvalue weighted by Crippen LogP contribution is -2.15. The molecule has 3 aromatic heterocycles. The number of fused-ring (bicyclic) bond motifs is 9. The van der Waals surface area contributed by atoms with Crippen LogP contribution in [0.1, 0.15) is 25.0 Å². The lowest BCUT2D eigenvalue weighted by Gasteiger charge is -2.21. The van der Waals surface area contributed by atoms with E-state index in [0.29, 0.717) is 17.5 Å². The SMILES string of the molecule is CC1(C)c2ccccc2-c2ccc(-c3nc(-c4ccccc4)nc(-c4cccc(-c5cccc6sc7ccc(-c8ccc9c(c8)c8ccccc8n9-c8ccccc8)cc7c56)c4)n3)cc21. The van der Waals surface area contributed by atoms with Gasteiger partial charge < -0.3 is 4.57 Å². The number of benzene rings is 9. The fraction of sp³-hybridized carbons (Fsp3) is 0.0500. The molecule has 5 heteroatoms. The van der Waals surface area contributed by atoms with Gasteiger partial charge in [-0.05, 0) is 105 Å². The van der Waals surface area contributed by atoms with Gasteiger partial charge in [0.15, 0.2) is 17.5 Å². The van der Waals surface area contributed by atoms with Gasteiger partial charge in [0.2, 0.25) is 0 Å². The zero-order valence-corrected chi connectivity index (χ0v) is 36.6. The number of aromatic nitrogens is 4. The van der Waals surface area contributed by atoms with Gasteiger partial charge in [-0.15, -0.1) is 11.3 Å². The quantitative estimate of drug-likeness (QED) is 0.167. The van der Waals surface area contributed by atoms with Crippen LogP contribution in [0.3, 0.4) is 0 Å².